The van der Waals surface area contributed by atoms with Crippen LogP contribution in [0.3, 0.4) is 0 Å². The molecule has 42 heavy (non-hydrogen) atoms. The third-order valence-corrected chi connectivity index (χ3v) is 9.71. The summed E-state index contributed by atoms with van der Waals surface area (Å²) in [6, 6.07) is 4.34. The molecule has 0 bridgehead atoms. The average molecular weight is 576 g/mol. The molecule has 1 aromatic heterocycles. The Bertz CT molecular complexity index is 1360. The first-order chi connectivity index (χ1) is 20.5. The number of ether oxygens (including phenoxy) is 2. The van der Waals surface area contributed by atoms with Crippen LogP contribution in [0.2, 0.25) is 0 Å². The van der Waals surface area contributed by atoms with Crippen LogP contribution in [0.1, 0.15) is 67.8 Å². The van der Waals surface area contributed by atoms with Crippen LogP contribution >= 0.6 is 0 Å². The van der Waals surface area contributed by atoms with E-state index in [0.717, 1.165) is 61.7 Å². The number of carbonyl (C=O) groups excluding carboxylic acids is 2. The molecule has 11 nitrogen and oxygen atoms in total. The van der Waals surface area contributed by atoms with Crippen LogP contribution in [0.15, 0.2) is 18.3 Å². The standard InChI is InChI=1S/C31H41N7O4/c1-3-25-30(40)36(2)26-16-33-31(35-28(26)38(25)19-7-4-5-8-19)34-24-11-10-23(22-12-14-41-27(22)24)29(39)32-15-21-17-37-13-6-9-20(37)18-42-21/h10-11,16,19-21,25H,3-9,12-15,17-18H2,1-2H3,(H,32,39)(H,33,34,35)/t20-,21-,25-/m1/s1. The summed E-state index contributed by atoms with van der Waals surface area (Å²) in [4.78, 5) is 42.4. The highest BCUT2D eigenvalue weighted by atomic mass is 16.5. The molecule has 4 aliphatic heterocycles. The lowest BCUT2D eigenvalue weighted by Crippen LogP contribution is -2.55. The highest BCUT2D eigenvalue weighted by Gasteiger charge is 2.41. The number of rotatable bonds is 7. The third kappa shape index (κ3) is 4.86. The highest BCUT2D eigenvalue weighted by Crippen LogP contribution is 2.41. The lowest BCUT2D eigenvalue weighted by Gasteiger charge is -2.43. The fraction of sp³-hybridized carbons (Fsp3) is 0.613. The number of nitrogens with zero attached hydrogens (tertiary/aromatic N) is 5. The second-order valence-electron chi connectivity index (χ2n) is 12.2. The number of morpholine rings is 1. The zero-order chi connectivity index (χ0) is 28.8. The van der Waals surface area contributed by atoms with E-state index in [1.54, 1.807) is 18.1 Å². The van der Waals surface area contributed by atoms with Crippen LogP contribution in [0, 0.1) is 0 Å². The highest BCUT2D eigenvalue weighted by molar-refractivity contribution is 6.04. The predicted molar refractivity (Wildman–Crippen MR) is 160 cm³/mol. The fourth-order valence-corrected chi connectivity index (χ4v) is 7.48. The molecule has 2 aromatic rings. The smallest absolute Gasteiger partial charge is 0.251 e. The first kappa shape index (κ1) is 27.4. The van der Waals surface area contributed by atoms with Crippen LogP contribution in [0.25, 0.3) is 0 Å². The van der Waals surface area contributed by atoms with E-state index in [-0.39, 0.29) is 24.0 Å². The molecule has 1 aliphatic carbocycles. The van der Waals surface area contributed by atoms with Crippen molar-refractivity contribution < 1.29 is 19.1 Å². The van der Waals surface area contributed by atoms with E-state index in [9.17, 15) is 9.59 Å². The molecule has 2 N–H and O–H groups in total. The number of hydrogen-bond acceptors (Lipinski definition) is 9. The van der Waals surface area contributed by atoms with Crippen molar-refractivity contribution in [3.8, 4) is 5.75 Å². The monoisotopic (exact) mass is 575 g/mol. The first-order valence-electron chi connectivity index (χ1n) is 15.6. The SMILES string of the molecule is CC[C@@H]1C(=O)N(C)c2cnc(Nc3ccc(C(=O)NC[C@@H]4CN5CCC[C@@H]5CO4)c4c3OCC4)nc2N1C1CCCC1. The Hall–Kier alpha value is -3.44. The molecule has 2 saturated heterocycles. The second-order valence-corrected chi connectivity index (χ2v) is 12.2. The molecular weight excluding hydrogens is 534 g/mol. The molecule has 5 heterocycles. The molecule has 1 saturated carbocycles. The van der Waals surface area contributed by atoms with Gasteiger partial charge in [0, 0.05) is 49.8 Å². The van der Waals surface area contributed by atoms with Crippen molar-refractivity contribution in [2.24, 2.45) is 0 Å². The van der Waals surface area contributed by atoms with Gasteiger partial charge in [0.25, 0.3) is 5.91 Å². The van der Waals surface area contributed by atoms with E-state index in [4.69, 9.17) is 14.5 Å². The van der Waals surface area contributed by atoms with Crippen LogP contribution in [0.4, 0.5) is 23.1 Å². The van der Waals surface area contributed by atoms with Gasteiger partial charge >= 0.3 is 0 Å². The maximum absolute atomic E-state index is 13.3. The van der Waals surface area contributed by atoms with Gasteiger partial charge in [-0.1, -0.05) is 19.8 Å². The maximum atomic E-state index is 13.3. The minimum atomic E-state index is -0.227. The number of anilines is 4. The Morgan fingerprint density at radius 1 is 1.14 bits per heavy atom. The number of carbonyl (C=O) groups is 2. The molecule has 11 heteroatoms. The van der Waals surface area contributed by atoms with E-state index in [1.807, 2.05) is 12.1 Å². The molecule has 3 atom stereocenters. The van der Waals surface area contributed by atoms with Gasteiger partial charge in [0.1, 0.15) is 17.5 Å². The van der Waals surface area contributed by atoms with Gasteiger partial charge in [-0.05, 0) is 50.8 Å². The molecule has 0 spiro atoms. The zero-order valence-corrected chi connectivity index (χ0v) is 24.6. The van der Waals surface area contributed by atoms with Gasteiger partial charge in [0.05, 0.1) is 31.2 Å². The second kappa shape index (κ2) is 11.3. The molecular formula is C31H41N7O4. The zero-order valence-electron chi connectivity index (χ0n) is 24.6. The Balaban J connectivity index is 1.10. The molecule has 2 amide bonds. The van der Waals surface area contributed by atoms with E-state index < -0.39 is 0 Å². The van der Waals surface area contributed by atoms with Gasteiger partial charge in [0.2, 0.25) is 11.9 Å². The van der Waals surface area contributed by atoms with Gasteiger partial charge < -0.3 is 29.9 Å². The van der Waals surface area contributed by atoms with E-state index in [2.05, 4.69) is 32.3 Å². The number of aromatic nitrogens is 2. The van der Waals surface area contributed by atoms with Crippen molar-refractivity contribution in [3.05, 3.63) is 29.5 Å². The third-order valence-electron chi connectivity index (χ3n) is 9.71. The van der Waals surface area contributed by atoms with E-state index in [0.29, 0.717) is 48.9 Å². The predicted octanol–water partition coefficient (Wildman–Crippen LogP) is 3.25. The number of fused-ring (bicyclic) bond motifs is 3. The maximum Gasteiger partial charge on any atom is 0.251 e. The number of benzene rings is 1. The van der Waals surface area contributed by atoms with Gasteiger partial charge in [-0.3, -0.25) is 14.5 Å². The molecule has 3 fully saturated rings. The van der Waals surface area contributed by atoms with E-state index in [1.165, 1.54) is 25.7 Å². The number of likely N-dealkylation sites (N-methyl/N-ethyl adjacent to an activating group) is 1. The fourth-order valence-electron chi connectivity index (χ4n) is 7.48. The average Bonchev–Trinajstić information content (AvgIpc) is 3.80. The number of hydrogen-bond donors (Lipinski definition) is 2. The summed E-state index contributed by atoms with van der Waals surface area (Å²) in [5, 5.41) is 6.46. The molecule has 224 valence electrons. The van der Waals surface area contributed by atoms with Crippen molar-refractivity contribution in [1.82, 2.24) is 20.2 Å². The molecule has 7 rings (SSSR count). The van der Waals surface area contributed by atoms with Gasteiger partial charge in [-0.25, -0.2) is 4.98 Å². The normalized spacial score (nSPS) is 25.7. The van der Waals surface area contributed by atoms with Crippen molar-refractivity contribution in [2.45, 2.75) is 82.5 Å². The Labute approximate surface area is 246 Å². The first-order valence-corrected chi connectivity index (χ1v) is 15.6. The van der Waals surface area contributed by atoms with Crippen LogP contribution in [-0.2, 0) is 16.0 Å². The molecule has 1 aromatic carbocycles. The summed E-state index contributed by atoms with van der Waals surface area (Å²) >= 11 is 0. The van der Waals surface area contributed by atoms with Crippen molar-refractivity contribution in [2.75, 3.05) is 55.0 Å². The molecule has 0 unspecified atom stereocenters. The van der Waals surface area contributed by atoms with E-state index >= 15 is 0 Å². The topological polar surface area (TPSA) is 112 Å². The summed E-state index contributed by atoms with van der Waals surface area (Å²) in [6.07, 6.45) is 10.0. The Kier molecular flexibility index (Phi) is 7.39. The number of amides is 2. The summed E-state index contributed by atoms with van der Waals surface area (Å²) in [5.74, 6) is 1.90. The van der Waals surface area contributed by atoms with Gasteiger partial charge in [-0.15, -0.1) is 0 Å². The minimum absolute atomic E-state index is 0.0140. The summed E-state index contributed by atoms with van der Waals surface area (Å²) < 4.78 is 12.1. The van der Waals surface area contributed by atoms with Gasteiger partial charge in [0.15, 0.2) is 5.82 Å². The largest absolute Gasteiger partial charge is 0.491 e. The molecule has 5 aliphatic rings. The van der Waals surface area contributed by atoms with Crippen molar-refractivity contribution in [1.29, 1.82) is 0 Å². The Morgan fingerprint density at radius 3 is 2.81 bits per heavy atom. The lowest BCUT2D eigenvalue weighted by molar-refractivity contribution is -0.120. The van der Waals surface area contributed by atoms with Crippen LogP contribution < -0.4 is 25.2 Å². The van der Waals surface area contributed by atoms with Gasteiger partial charge in [-0.2, -0.15) is 4.98 Å². The summed E-state index contributed by atoms with van der Waals surface area (Å²) in [6.45, 7) is 5.82. The number of nitrogens with one attached hydrogen (secondary N) is 2. The van der Waals surface area contributed by atoms with Crippen LogP contribution in [-0.4, -0.2) is 90.8 Å². The summed E-state index contributed by atoms with van der Waals surface area (Å²) in [5.41, 5.74) is 2.99. The lowest BCUT2D eigenvalue weighted by atomic mass is 10.0. The Morgan fingerprint density at radius 2 is 1.98 bits per heavy atom. The molecule has 0 radical (unpaired) electrons. The quantitative estimate of drug-likeness (QED) is 0.514. The van der Waals surface area contributed by atoms with Crippen LogP contribution in [0.5, 0.6) is 5.75 Å². The minimum Gasteiger partial charge on any atom is -0.491 e. The van der Waals surface area contributed by atoms with Crippen molar-refractivity contribution >= 4 is 35.0 Å². The summed E-state index contributed by atoms with van der Waals surface area (Å²) in [7, 11) is 1.81. The van der Waals surface area contributed by atoms with Crippen molar-refractivity contribution in [3.63, 3.8) is 0 Å².